The summed E-state index contributed by atoms with van der Waals surface area (Å²) in [6, 6.07) is 1.06. The van der Waals surface area contributed by atoms with Crippen LogP contribution in [0.15, 0.2) is 23.0 Å². The lowest BCUT2D eigenvalue weighted by molar-refractivity contribution is -0.142. The number of aryl methyl sites for hydroxylation is 1. The molecule has 1 atom stereocenters. The number of carbonyl (C=O) groups is 2. The van der Waals surface area contributed by atoms with Gasteiger partial charge < -0.3 is 14.8 Å². The van der Waals surface area contributed by atoms with E-state index in [1.807, 2.05) is 0 Å². The Bertz CT molecular complexity index is 409. The van der Waals surface area contributed by atoms with Crippen LogP contribution in [0.3, 0.4) is 0 Å². The molecule has 0 radical (unpaired) electrons. The Balaban J connectivity index is 1.75. The molecule has 2 N–H and O–H groups in total. The van der Waals surface area contributed by atoms with Gasteiger partial charge in [0, 0.05) is 6.42 Å². The molecule has 0 spiro atoms. The summed E-state index contributed by atoms with van der Waals surface area (Å²) in [5.41, 5.74) is 0.944. The zero-order valence-corrected chi connectivity index (χ0v) is 10.1. The van der Waals surface area contributed by atoms with E-state index in [1.165, 1.54) is 0 Å². The first kappa shape index (κ1) is 12.7. The predicted octanol–water partition coefficient (Wildman–Crippen LogP) is 1.58. The van der Waals surface area contributed by atoms with Crippen LogP contribution < -0.4 is 5.32 Å². The van der Waals surface area contributed by atoms with E-state index in [-0.39, 0.29) is 12.3 Å². The number of hydrogen-bond donors (Lipinski definition) is 2. The Morgan fingerprint density at radius 1 is 1.50 bits per heavy atom. The second-order valence-corrected chi connectivity index (χ2v) is 4.77. The van der Waals surface area contributed by atoms with E-state index >= 15 is 0 Å². The second kappa shape index (κ2) is 5.71. The number of amides is 1. The van der Waals surface area contributed by atoms with E-state index < -0.39 is 12.0 Å². The molecule has 1 amide bonds. The van der Waals surface area contributed by atoms with Crippen molar-refractivity contribution in [3.8, 4) is 0 Å². The molecule has 0 aliphatic heterocycles. The highest BCUT2D eigenvalue weighted by Crippen LogP contribution is 2.33. The molecule has 5 nitrogen and oxygen atoms in total. The van der Waals surface area contributed by atoms with E-state index in [1.54, 1.807) is 18.6 Å². The van der Waals surface area contributed by atoms with Crippen molar-refractivity contribution in [1.82, 2.24) is 5.32 Å². The number of nitrogens with one attached hydrogen (secondary N) is 1. The van der Waals surface area contributed by atoms with Crippen LogP contribution in [0.5, 0.6) is 0 Å². The predicted molar refractivity (Wildman–Crippen MR) is 63.9 cm³/mol. The zero-order chi connectivity index (χ0) is 13.0. The molecule has 1 aromatic rings. The van der Waals surface area contributed by atoms with Crippen molar-refractivity contribution in [3.05, 3.63) is 24.2 Å². The van der Waals surface area contributed by atoms with Gasteiger partial charge in [-0.1, -0.05) is 12.8 Å². The van der Waals surface area contributed by atoms with Crippen molar-refractivity contribution >= 4 is 11.9 Å². The maximum atomic E-state index is 11.6. The summed E-state index contributed by atoms with van der Waals surface area (Å²) in [6.45, 7) is 0. The van der Waals surface area contributed by atoms with Crippen LogP contribution in [-0.4, -0.2) is 23.0 Å². The largest absolute Gasteiger partial charge is 0.480 e. The van der Waals surface area contributed by atoms with Crippen molar-refractivity contribution in [3.63, 3.8) is 0 Å². The quantitative estimate of drug-likeness (QED) is 0.771. The van der Waals surface area contributed by atoms with Crippen LogP contribution in [0.1, 0.15) is 31.2 Å². The van der Waals surface area contributed by atoms with Gasteiger partial charge in [-0.2, -0.15) is 0 Å². The normalized spacial score (nSPS) is 16.2. The number of rotatable bonds is 7. The Labute approximate surface area is 105 Å². The van der Waals surface area contributed by atoms with Crippen LogP contribution in [-0.2, 0) is 16.0 Å². The third kappa shape index (κ3) is 3.91. The van der Waals surface area contributed by atoms with Gasteiger partial charge in [0.25, 0.3) is 0 Å². The lowest BCUT2D eigenvalue weighted by Crippen LogP contribution is -2.41. The minimum atomic E-state index is -0.946. The average molecular weight is 251 g/mol. The number of carboxylic acids is 1. The van der Waals surface area contributed by atoms with Gasteiger partial charge in [-0.15, -0.1) is 0 Å². The summed E-state index contributed by atoms with van der Waals surface area (Å²) >= 11 is 0. The summed E-state index contributed by atoms with van der Waals surface area (Å²) in [5.74, 6) is -0.692. The van der Waals surface area contributed by atoms with Crippen molar-refractivity contribution in [2.24, 2.45) is 5.92 Å². The molecule has 0 saturated heterocycles. The van der Waals surface area contributed by atoms with Gasteiger partial charge in [0.2, 0.25) is 5.91 Å². The monoisotopic (exact) mass is 251 g/mol. The highest BCUT2D eigenvalue weighted by Gasteiger charge is 2.29. The Morgan fingerprint density at radius 3 is 2.83 bits per heavy atom. The minimum absolute atomic E-state index is 0.218. The van der Waals surface area contributed by atoms with Crippen molar-refractivity contribution in [2.75, 3.05) is 0 Å². The first-order valence-corrected chi connectivity index (χ1v) is 6.18. The molecule has 0 aromatic carbocycles. The second-order valence-electron chi connectivity index (χ2n) is 4.77. The maximum absolute atomic E-state index is 11.6. The van der Waals surface area contributed by atoms with Crippen molar-refractivity contribution in [2.45, 2.75) is 38.1 Å². The molecule has 98 valence electrons. The van der Waals surface area contributed by atoms with E-state index in [0.29, 0.717) is 18.8 Å². The maximum Gasteiger partial charge on any atom is 0.326 e. The third-order valence-electron chi connectivity index (χ3n) is 3.12. The van der Waals surface area contributed by atoms with Crippen molar-refractivity contribution in [1.29, 1.82) is 0 Å². The number of furan rings is 1. The van der Waals surface area contributed by atoms with E-state index in [2.05, 4.69) is 5.32 Å². The molecule has 1 heterocycles. The fraction of sp³-hybridized carbons (Fsp3) is 0.538. The molecule has 1 fully saturated rings. The molecule has 2 rings (SSSR count). The highest BCUT2D eigenvalue weighted by molar-refractivity contribution is 5.83. The number of aliphatic carboxylic acids is 1. The summed E-state index contributed by atoms with van der Waals surface area (Å²) in [4.78, 5) is 22.7. The Kier molecular flexibility index (Phi) is 4.02. The lowest BCUT2D eigenvalue weighted by atomic mass is 10.1. The van der Waals surface area contributed by atoms with Gasteiger partial charge in [-0.3, -0.25) is 4.79 Å². The van der Waals surface area contributed by atoms with Gasteiger partial charge >= 0.3 is 5.97 Å². The van der Waals surface area contributed by atoms with Crippen LogP contribution in [0.2, 0.25) is 0 Å². The zero-order valence-electron chi connectivity index (χ0n) is 10.1. The van der Waals surface area contributed by atoms with Gasteiger partial charge in [-0.05, 0) is 30.4 Å². The fourth-order valence-corrected chi connectivity index (χ4v) is 1.87. The lowest BCUT2D eigenvalue weighted by Gasteiger charge is -2.13. The average Bonchev–Trinajstić information content (AvgIpc) is 2.99. The topological polar surface area (TPSA) is 79.5 Å². The molecule has 5 heteroatoms. The molecule has 1 aromatic heterocycles. The van der Waals surface area contributed by atoms with Gasteiger partial charge in [0.05, 0.1) is 12.5 Å². The summed E-state index contributed by atoms with van der Waals surface area (Å²) < 4.78 is 4.90. The molecule has 18 heavy (non-hydrogen) atoms. The molecule has 1 aliphatic rings. The first-order valence-electron chi connectivity index (χ1n) is 6.18. The highest BCUT2D eigenvalue weighted by atomic mass is 16.4. The minimum Gasteiger partial charge on any atom is -0.480 e. The molecular formula is C13H17NO4. The molecule has 1 saturated carbocycles. The smallest absolute Gasteiger partial charge is 0.326 e. The number of carboxylic acid groups (broad SMARTS) is 1. The SMILES string of the molecule is O=C(CCc1ccoc1)NC(CC1CC1)C(=O)O. The van der Waals surface area contributed by atoms with Gasteiger partial charge in [0.15, 0.2) is 0 Å². The fourth-order valence-electron chi connectivity index (χ4n) is 1.87. The summed E-state index contributed by atoms with van der Waals surface area (Å²) in [5, 5.41) is 11.6. The molecule has 1 aliphatic carbocycles. The molecular weight excluding hydrogens is 234 g/mol. The van der Waals surface area contributed by atoms with E-state index in [0.717, 1.165) is 18.4 Å². The van der Waals surface area contributed by atoms with Crippen molar-refractivity contribution < 1.29 is 19.1 Å². The van der Waals surface area contributed by atoms with E-state index in [4.69, 9.17) is 9.52 Å². The van der Waals surface area contributed by atoms with Crippen LogP contribution in [0.25, 0.3) is 0 Å². The van der Waals surface area contributed by atoms with E-state index in [9.17, 15) is 9.59 Å². The summed E-state index contributed by atoms with van der Waals surface area (Å²) in [7, 11) is 0. The van der Waals surface area contributed by atoms with Crippen LogP contribution in [0.4, 0.5) is 0 Å². The van der Waals surface area contributed by atoms with Crippen LogP contribution >= 0.6 is 0 Å². The summed E-state index contributed by atoms with van der Waals surface area (Å²) in [6.07, 6.45) is 6.70. The number of carbonyl (C=O) groups excluding carboxylic acids is 1. The Hall–Kier alpha value is -1.78. The first-order chi connectivity index (χ1) is 8.65. The van der Waals surface area contributed by atoms with Gasteiger partial charge in [0.1, 0.15) is 6.04 Å². The standard InChI is InChI=1S/C13H17NO4/c15-12(4-3-10-5-6-18-8-10)14-11(13(16)17)7-9-1-2-9/h5-6,8-9,11H,1-4,7H2,(H,14,15)(H,16,17). The van der Waals surface area contributed by atoms with Crippen LogP contribution in [0, 0.1) is 5.92 Å². The third-order valence-corrected chi connectivity index (χ3v) is 3.12. The number of hydrogen-bond acceptors (Lipinski definition) is 3. The molecule has 0 bridgehead atoms. The Morgan fingerprint density at radius 2 is 2.28 bits per heavy atom. The molecule has 1 unspecified atom stereocenters. The van der Waals surface area contributed by atoms with Gasteiger partial charge in [-0.25, -0.2) is 4.79 Å².